The van der Waals surface area contributed by atoms with Crippen molar-refractivity contribution in [3.05, 3.63) is 0 Å². The van der Waals surface area contributed by atoms with Crippen LogP contribution in [-0.2, 0) is 14.8 Å². The highest BCUT2D eigenvalue weighted by molar-refractivity contribution is 7.88. The van der Waals surface area contributed by atoms with Crippen molar-refractivity contribution >= 4 is 15.9 Å². The van der Waals surface area contributed by atoms with E-state index in [4.69, 9.17) is 0 Å². The number of alkyl halides is 3. The molecule has 1 aliphatic carbocycles. The number of hydrogen-bond acceptors (Lipinski definition) is 5. The highest BCUT2D eigenvalue weighted by Gasteiger charge is 2.58. The second-order valence-corrected chi connectivity index (χ2v) is 12.5. The zero-order valence-corrected chi connectivity index (χ0v) is 20.1. The first-order valence-corrected chi connectivity index (χ1v) is 14.2. The number of carbonyl (C=O) groups is 1. The molecule has 190 valence electrons. The van der Waals surface area contributed by atoms with Gasteiger partial charge in [0, 0.05) is 32.2 Å². The van der Waals surface area contributed by atoms with Crippen LogP contribution in [0.1, 0.15) is 57.8 Å². The quantitative estimate of drug-likeness (QED) is 0.614. The van der Waals surface area contributed by atoms with Gasteiger partial charge in [0.25, 0.3) is 0 Å². The fourth-order valence-electron chi connectivity index (χ4n) is 6.47. The molecule has 1 amide bonds. The van der Waals surface area contributed by atoms with Crippen molar-refractivity contribution in [3.8, 4) is 0 Å². The molecule has 4 atom stereocenters. The third-order valence-corrected chi connectivity index (χ3v) is 9.65. The molecular formula is C22H37F3N4O3S. The maximum atomic E-state index is 13.9. The Morgan fingerprint density at radius 1 is 1.00 bits per heavy atom. The standard InChI is InChI=1S/C22H37F3N4O3S/c1-33(31,32)28-10-7-16(8-11-28)17-9-12-29-18(13-17)19(20(27-29)22(23,24)25)21(30)26-14-15-5-3-2-4-6-15/h15-20,27H,2-14H2,1H3,(H,26,30). The zero-order chi connectivity index (χ0) is 23.8. The molecule has 33 heavy (non-hydrogen) atoms. The molecule has 3 heterocycles. The van der Waals surface area contributed by atoms with E-state index in [1.54, 1.807) is 5.01 Å². The lowest BCUT2D eigenvalue weighted by molar-refractivity contribution is -0.169. The van der Waals surface area contributed by atoms with Gasteiger partial charge in [0.05, 0.1) is 12.2 Å². The molecule has 11 heteroatoms. The molecule has 1 saturated carbocycles. The first-order chi connectivity index (χ1) is 15.5. The molecule has 7 nitrogen and oxygen atoms in total. The van der Waals surface area contributed by atoms with Gasteiger partial charge < -0.3 is 5.32 Å². The number of piperidine rings is 2. The lowest BCUT2D eigenvalue weighted by Crippen LogP contribution is -2.50. The van der Waals surface area contributed by atoms with Gasteiger partial charge in [0.1, 0.15) is 6.04 Å². The summed E-state index contributed by atoms with van der Waals surface area (Å²) in [6.07, 6.45) is 4.92. The van der Waals surface area contributed by atoms with Gasteiger partial charge in [0.2, 0.25) is 15.9 Å². The van der Waals surface area contributed by atoms with Gasteiger partial charge in [-0.3, -0.25) is 4.79 Å². The van der Waals surface area contributed by atoms with Gasteiger partial charge in [-0.1, -0.05) is 19.3 Å². The number of nitrogens with one attached hydrogen (secondary N) is 2. The summed E-state index contributed by atoms with van der Waals surface area (Å²) < 4.78 is 66.7. The topological polar surface area (TPSA) is 81.8 Å². The van der Waals surface area contributed by atoms with Crippen molar-refractivity contribution in [1.29, 1.82) is 0 Å². The number of carbonyl (C=O) groups excluding carboxylic acids is 1. The molecule has 0 aromatic rings. The number of hydrogen-bond donors (Lipinski definition) is 2. The molecule has 4 unspecified atom stereocenters. The van der Waals surface area contributed by atoms with Crippen molar-refractivity contribution in [2.45, 2.75) is 76.0 Å². The number of rotatable bonds is 5. The van der Waals surface area contributed by atoms with Crippen LogP contribution >= 0.6 is 0 Å². The monoisotopic (exact) mass is 494 g/mol. The summed E-state index contributed by atoms with van der Waals surface area (Å²) in [6, 6.07) is -2.35. The van der Waals surface area contributed by atoms with E-state index in [2.05, 4.69) is 10.7 Å². The zero-order valence-electron chi connectivity index (χ0n) is 19.3. The molecule has 0 spiro atoms. The average molecular weight is 495 g/mol. The molecular weight excluding hydrogens is 457 g/mol. The lowest BCUT2D eigenvalue weighted by atomic mass is 9.74. The Kier molecular flexibility index (Phi) is 7.62. The summed E-state index contributed by atoms with van der Waals surface area (Å²) >= 11 is 0. The fraction of sp³-hybridized carbons (Fsp3) is 0.955. The molecule has 0 bridgehead atoms. The number of nitrogens with zero attached hydrogens (tertiary/aromatic N) is 2. The van der Waals surface area contributed by atoms with Gasteiger partial charge in [-0.15, -0.1) is 0 Å². The van der Waals surface area contributed by atoms with Gasteiger partial charge >= 0.3 is 6.18 Å². The summed E-state index contributed by atoms with van der Waals surface area (Å²) in [5.74, 6) is -0.809. The summed E-state index contributed by atoms with van der Waals surface area (Å²) in [5.41, 5.74) is 2.61. The Bertz CT molecular complexity index is 795. The first-order valence-electron chi connectivity index (χ1n) is 12.4. The van der Waals surface area contributed by atoms with E-state index in [0.717, 1.165) is 44.9 Å². The van der Waals surface area contributed by atoms with Crippen LogP contribution in [0.4, 0.5) is 13.2 Å². The molecule has 2 N–H and O–H groups in total. The van der Waals surface area contributed by atoms with Crippen LogP contribution in [0.5, 0.6) is 0 Å². The lowest BCUT2D eigenvalue weighted by Gasteiger charge is -2.42. The van der Waals surface area contributed by atoms with Gasteiger partial charge in [-0.2, -0.15) is 13.2 Å². The summed E-state index contributed by atoms with van der Waals surface area (Å²) in [5, 5.41) is 4.51. The predicted molar refractivity (Wildman–Crippen MR) is 118 cm³/mol. The van der Waals surface area contributed by atoms with E-state index in [-0.39, 0.29) is 11.8 Å². The molecule has 4 aliphatic rings. The Morgan fingerprint density at radius 2 is 1.64 bits per heavy atom. The maximum absolute atomic E-state index is 13.9. The molecule has 3 aliphatic heterocycles. The van der Waals surface area contributed by atoms with Crippen molar-refractivity contribution in [2.75, 3.05) is 32.4 Å². The Morgan fingerprint density at radius 3 is 2.24 bits per heavy atom. The van der Waals surface area contributed by atoms with Crippen LogP contribution in [-0.4, -0.2) is 74.3 Å². The average Bonchev–Trinajstić information content (AvgIpc) is 3.17. The SMILES string of the molecule is CS(=O)(=O)N1CCC(C2CCN3NC(C(F)(F)F)C(C(=O)NCC4CCCCC4)C3C2)CC1. The second kappa shape index (κ2) is 9.99. The second-order valence-electron chi connectivity index (χ2n) is 10.5. The van der Waals surface area contributed by atoms with E-state index in [1.807, 2.05) is 0 Å². The highest BCUT2D eigenvalue weighted by Crippen LogP contribution is 2.43. The normalized spacial score (nSPS) is 33.7. The summed E-state index contributed by atoms with van der Waals surface area (Å²) in [4.78, 5) is 13.1. The van der Waals surface area contributed by atoms with Gasteiger partial charge in [0.15, 0.2) is 0 Å². The third-order valence-electron chi connectivity index (χ3n) is 8.34. The van der Waals surface area contributed by atoms with E-state index in [0.29, 0.717) is 38.5 Å². The van der Waals surface area contributed by atoms with E-state index in [9.17, 15) is 26.4 Å². The molecule has 0 radical (unpaired) electrons. The Labute approximate surface area is 194 Å². The van der Waals surface area contributed by atoms with Crippen molar-refractivity contribution in [2.24, 2.45) is 23.7 Å². The minimum absolute atomic E-state index is 0.204. The van der Waals surface area contributed by atoms with Crippen molar-refractivity contribution in [3.63, 3.8) is 0 Å². The van der Waals surface area contributed by atoms with E-state index < -0.39 is 40.1 Å². The summed E-state index contributed by atoms with van der Waals surface area (Å²) in [6.45, 7) is 1.85. The molecule has 4 rings (SSSR count). The minimum atomic E-state index is -4.50. The first kappa shape index (κ1) is 25.2. The minimum Gasteiger partial charge on any atom is -0.355 e. The summed E-state index contributed by atoms with van der Waals surface area (Å²) in [7, 11) is -3.22. The maximum Gasteiger partial charge on any atom is 0.406 e. The van der Waals surface area contributed by atoms with Gasteiger partial charge in [-0.25, -0.2) is 23.2 Å². The van der Waals surface area contributed by atoms with Crippen LogP contribution in [0.15, 0.2) is 0 Å². The third kappa shape index (κ3) is 5.85. The number of amides is 1. The Hall–Kier alpha value is -0.910. The number of fused-ring (bicyclic) bond motifs is 1. The molecule has 0 aromatic carbocycles. The number of sulfonamides is 1. The molecule has 3 saturated heterocycles. The van der Waals surface area contributed by atoms with Crippen LogP contribution in [0.25, 0.3) is 0 Å². The fourth-order valence-corrected chi connectivity index (χ4v) is 7.35. The predicted octanol–water partition coefficient (Wildman–Crippen LogP) is 2.50. The van der Waals surface area contributed by atoms with E-state index >= 15 is 0 Å². The van der Waals surface area contributed by atoms with Crippen LogP contribution in [0.3, 0.4) is 0 Å². The van der Waals surface area contributed by atoms with Crippen LogP contribution < -0.4 is 10.7 Å². The van der Waals surface area contributed by atoms with Crippen LogP contribution in [0, 0.1) is 23.7 Å². The highest BCUT2D eigenvalue weighted by atomic mass is 32.2. The van der Waals surface area contributed by atoms with Crippen molar-refractivity contribution in [1.82, 2.24) is 20.1 Å². The van der Waals surface area contributed by atoms with Crippen LogP contribution in [0.2, 0.25) is 0 Å². The number of hydrazine groups is 1. The van der Waals surface area contributed by atoms with Gasteiger partial charge in [-0.05, 0) is 56.3 Å². The largest absolute Gasteiger partial charge is 0.406 e. The Balaban J connectivity index is 1.41. The smallest absolute Gasteiger partial charge is 0.355 e. The van der Waals surface area contributed by atoms with E-state index in [1.165, 1.54) is 17.0 Å². The molecule has 0 aromatic heterocycles. The molecule has 4 fully saturated rings. The van der Waals surface area contributed by atoms with Crippen molar-refractivity contribution < 1.29 is 26.4 Å². The number of halogens is 3.